The van der Waals surface area contributed by atoms with Crippen LogP contribution in [-0.2, 0) is 6.18 Å². The maximum absolute atomic E-state index is 13.4. The lowest BCUT2D eigenvalue weighted by molar-refractivity contribution is -0.137. The molecule has 0 aliphatic heterocycles. The lowest BCUT2D eigenvalue weighted by Crippen LogP contribution is -2.30. The summed E-state index contributed by atoms with van der Waals surface area (Å²) in [7, 11) is 0. The fraction of sp³-hybridized carbons (Fsp3) is 0.0714. The molecule has 1 amide bonds. The highest BCUT2D eigenvalue weighted by molar-refractivity contribution is 6.05. The van der Waals surface area contributed by atoms with Crippen LogP contribution in [0.25, 0.3) is 11.3 Å². The van der Waals surface area contributed by atoms with Crippen LogP contribution in [0, 0.1) is 0 Å². The number of rotatable bonds is 3. The molecule has 13 heteroatoms. The first kappa shape index (κ1) is 17.9. The van der Waals surface area contributed by atoms with Gasteiger partial charge < -0.3 is 10.4 Å². The van der Waals surface area contributed by atoms with E-state index in [1.54, 1.807) is 9.97 Å². The third kappa shape index (κ3) is 3.56. The first-order valence-corrected chi connectivity index (χ1v) is 7.11. The molecule has 2 aromatic heterocycles. The van der Waals surface area contributed by atoms with Crippen LogP contribution in [0.2, 0.25) is 0 Å². The molecule has 0 fully saturated rings. The number of H-pyrrole nitrogens is 3. The van der Waals surface area contributed by atoms with E-state index in [2.05, 4.69) is 20.7 Å². The van der Waals surface area contributed by atoms with Gasteiger partial charge in [-0.1, -0.05) is 11.3 Å². The van der Waals surface area contributed by atoms with Crippen molar-refractivity contribution in [3.8, 4) is 17.1 Å². The molecule has 0 spiro atoms. The Balaban J connectivity index is 2.00. The minimum atomic E-state index is -4.77. The zero-order valence-electron chi connectivity index (χ0n) is 13.0. The molecule has 0 radical (unpaired) electrons. The summed E-state index contributed by atoms with van der Waals surface area (Å²) in [4.78, 5) is 38.3. The molecule has 0 atom stereocenters. The monoisotopic (exact) mass is 382 g/mol. The minimum Gasteiger partial charge on any atom is -0.494 e. The second kappa shape index (κ2) is 6.44. The number of hydrogen-bond donors (Lipinski definition) is 5. The molecule has 5 N–H and O–H groups in total. The van der Waals surface area contributed by atoms with E-state index in [4.69, 9.17) is 0 Å². The van der Waals surface area contributed by atoms with Crippen LogP contribution in [0.5, 0.6) is 5.88 Å². The van der Waals surface area contributed by atoms with E-state index in [9.17, 15) is 32.7 Å². The number of hydrogen-bond acceptors (Lipinski definition) is 6. The minimum absolute atomic E-state index is 0.00919. The van der Waals surface area contributed by atoms with Crippen molar-refractivity contribution in [3.63, 3.8) is 0 Å². The van der Waals surface area contributed by atoms with E-state index in [-0.39, 0.29) is 16.9 Å². The Bertz CT molecular complexity index is 1120. The number of halogens is 3. The average molecular weight is 382 g/mol. The van der Waals surface area contributed by atoms with Gasteiger partial charge in [0.25, 0.3) is 11.5 Å². The molecule has 1 aromatic carbocycles. The smallest absolute Gasteiger partial charge is 0.417 e. The van der Waals surface area contributed by atoms with Crippen LogP contribution in [-0.4, -0.2) is 36.4 Å². The summed E-state index contributed by atoms with van der Waals surface area (Å²) >= 11 is 0. The molecule has 140 valence electrons. The molecule has 0 aliphatic rings. The van der Waals surface area contributed by atoms with Crippen molar-refractivity contribution in [2.45, 2.75) is 6.18 Å². The summed E-state index contributed by atoms with van der Waals surface area (Å²) in [6.07, 6.45) is -3.67. The first-order chi connectivity index (χ1) is 12.7. The highest BCUT2D eigenvalue weighted by atomic mass is 19.4. The summed E-state index contributed by atoms with van der Waals surface area (Å²) in [5.74, 6) is -2.23. The molecule has 3 aromatic rings. The van der Waals surface area contributed by atoms with Crippen LogP contribution in [0.15, 0.2) is 34.0 Å². The van der Waals surface area contributed by atoms with E-state index in [0.29, 0.717) is 6.07 Å². The van der Waals surface area contributed by atoms with E-state index >= 15 is 0 Å². The molecular weight excluding hydrogens is 373 g/mol. The van der Waals surface area contributed by atoms with Gasteiger partial charge in [0.15, 0.2) is 5.56 Å². The van der Waals surface area contributed by atoms with Crippen LogP contribution >= 0.6 is 0 Å². The van der Waals surface area contributed by atoms with Crippen LogP contribution in [0.3, 0.4) is 0 Å². The first-order valence-electron chi connectivity index (χ1n) is 7.11. The van der Waals surface area contributed by atoms with Crippen molar-refractivity contribution < 1.29 is 23.1 Å². The number of carbonyl (C=O) groups is 1. The molecule has 0 aliphatic carbocycles. The van der Waals surface area contributed by atoms with Gasteiger partial charge >= 0.3 is 11.9 Å². The fourth-order valence-corrected chi connectivity index (χ4v) is 2.30. The topological polar surface area (TPSA) is 157 Å². The van der Waals surface area contributed by atoms with Gasteiger partial charge in [0.05, 0.1) is 17.5 Å². The molecule has 0 saturated heterocycles. The van der Waals surface area contributed by atoms with E-state index in [1.807, 2.05) is 0 Å². The van der Waals surface area contributed by atoms with Gasteiger partial charge in [0.2, 0.25) is 5.88 Å². The third-order valence-corrected chi connectivity index (χ3v) is 3.44. The predicted molar refractivity (Wildman–Crippen MR) is 84.1 cm³/mol. The Morgan fingerprint density at radius 2 is 1.93 bits per heavy atom. The van der Waals surface area contributed by atoms with Crippen LogP contribution in [0.4, 0.5) is 18.9 Å². The maximum atomic E-state index is 13.4. The number of benzene rings is 1. The fourth-order valence-electron chi connectivity index (χ4n) is 2.30. The number of amides is 1. The van der Waals surface area contributed by atoms with Gasteiger partial charge in [-0.2, -0.15) is 13.2 Å². The second-order valence-corrected chi connectivity index (χ2v) is 5.21. The standard InChI is InChI=1S/C14H9F3N6O4/c15-14(16,17)7-3-5(1-2-6(7)8-4-18-23-22-8)19-10(24)9-11(25)20-13(27)21-12(9)26/h1-4H,(H,19,24)(H,18,22,23)(H3,20,21,25,26,27). The summed E-state index contributed by atoms with van der Waals surface area (Å²) < 4.78 is 40.1. The largest absolute Gasteiger partial charge is 0.494 e. The Labute approximate surface area is 146 Å². The zero-order chi connectivity index (χ0) is 19.8. The van der Waals surface area contributed by atoms with Gasteiger partial charge in [0.1, 0.15) is 0 Å². The number of aromatic hydroxyl groups is 1. The van der Waals surface area contributed by atoms with Crippen molar-refractivity contribution in [2.24, 2.45) is 0 Å². The van der Waals surface area contributed by atoms with Crippen molar-refractivity contribution in [3.05, 3.63) is 56.4 Å². The van der Waals surface area contributed by atoms with Crippen LogP contribution in [0.1, 0.15) is 15.9 Å². The van der Waals surface area contributed by atoms with Crippen molar-refractivity contribution in [1.29, 1.82) is 0 Å². The molecule has 27 heavy (non-hydrogen) atoms. The third-order valence-electron chi connectivity index (χ3n) is 3.44. The van der Waals surface area contributed by atoms with E-state index < -0.39 is 40.3 Å². The summed E-state index contributed by atoms with van der Waals surface area (Å²) in [5.41, 5.74) is -4.74. The van der Waals surface area contributed by atoms with Crippen molar-refractivity contribution in [2.75, 3.05) is 5.32 Å². The van der Waals surface area contributed by atoms with Crippen molar-refractivity contribution >= 4 is 11.6 Å². The zero-order valence-corrected chi connectivity index (χ0v) is 13.0. The molecule has 0 unspecified atom stereocenters. The Morgan fingerprint density at radius 1 is 1.19 bits per heavy atom. The number of aromatic nitrogens is 5. The molecule has 10 nitrogen and oxygen atoms in total. The molecule has 0 bridgehead atoms. The number of aromatic amines is 3. The maximum Gasteiger partial charge on any atom is 0.417 e. The van der Waals surface area contributed by atoms with Gasteiger partial charge in [-0.25, -0.2) is 4.79 Å². The summed E-state index contributed by atoms with van der Waals surface area (Å²) in [6, 6.07) is 2.87. The molecule has 3 rings (SSSR count). The van der Waals surface area contributed by atoms with Gasteiger partial charge in [0, 0.05) is 11.3 Å². The van der Waals surface area contributed by atoms with E-state index in [1.165, 1.54) is 0 Å². The number of carbonyl (C=O) groups excluding carboxylic acids is 1. The lowest BCUT2D eigenvalue weighted by Gasteiger charge is -2.14. The van der Waals surface area contributed by atoms with Crippen molar-refractivity contribution in [1.82, 2.24) is 25.4 Å². The highest BCUT2D eigenvalue weighted by Crippen LogP contribution is 2.37. The number of nitrogens with one attached hydrogen (secondary N) is 4. The van der Waals surface area contributed by atoms with Gasteiger partial charge in [-0.15, -0.1) is 5.10 Å². The molecular formula is C14H9F3N6O4. The highest BCUT2D eigenvalue weighted by Gasteiger charge is 2.34. The van der Waals surface area contributed by atoms with E-state index in [0.717, 1.165) is 18.3 Å². The lowest BCUT2D eigenvalue weighted by atomic mass is 10.0. The molecule has 2 heterocycles. The quantitative estimate of drug-likeness (QED) is 0.451. The normalized spacial score (nSPS) is 11.4. The molecule has 0 saturated carbocycles. The summed E-state index contributed by atoms with van der Waals surface area (Å²) in [5, 5.41) is 20.7. The van der Waals surface area contributed by atoms with Gasteiger partial charge in [-0.05, 0) is 12.1 Å². The Morgan fingerprint density at radius 3 is 2.52 bits per heavy atom. The number of alkyl halides is 3. The Hall–Kier alpha value is -3.90. The predicted octanol–water partition coefficient (Wildman–Crippen LogP) is 0.825. The average Bonchev–Trinajstić information content (AvgIpc) is 3.07. The number of anilines is 1. The second-order valence-electron chi connectivity index (χ2n) is 5.21. The van der Waals surface area contributed by atoms with Crippen LogP contribution < -0.4 is 16.6 Å². The number of nitrogens with zero attached hydrogens (tertiary/aromatic N) is 2. The SMILES string of the molecule is O=C(Nc1ccc(-c2cnn[nH]2)c(C(F)(F)F)c1)c1c(O)[nH]c(=O)[nH]c1=O. The summed E-state index contributed by atoms with van der Waals surface area (Å²) in [6.45, 7) is 0. The Kier molecular flexibility index (Phi) is 4.27. The van der Waals surface area contributed by atoms with Gasteiger partial charge in [-0.3, -0.25) is 24.7 Å².